The van der Waals surface area contributed by atoms with Crippen LogP contribution in [0.4, 0.5) is 0 Å². The highest BCUT2D eigenvalue weighted by molar-refractivity contribution is 5.71. The van der Waals surface area contributed by atoms with Crippen LogP contribution < -0.4 is 0 Å². The van der Waals surface area contributed by atoms with Crippen LogP contribution in [0.15, 0.2) is 146 Å². The Morgan fingerprint density at radius 3 is 1.15 bits per heavy atom. The van der Waals surface area contributed by atoms with Gasteiger partial charge in [-0.15, -0.1) is 0 Å². The van der Waals surface area contributed by atoms with Crippen LogP contribution >= 0.6 is 0 Å². The molecule has 73 heavy (non-hydrogen) atoms. The average Bonchev–Trinajstić information content (AvgIpc) is 3.36. The van der Waals surface area contributed by atoms with Crippen LogP contribution in [0, 0.1) is 0 Å². The van der Waals surface area contributed by atoms with Gasteiger partial charge in [-0.2, -0.15) is 0 Å². The van der Waals surface area contributed by atoms with Crippen molar-refractivity contribution in [3.05, 3.63) is 146 Å². The van der Waals surface area contributed by atoms with Crippen molar-refractivity contribution in [1.29, 1.82) is 0 Å². The molecule has 0 fully saturated rings. The Morgan fingerprint density at radius 2 is 0.767 bits per heavy atom. The Hall–Kier alpha value is -4.83. The lowest BCUT2D eigenvalue weighted by Crippen LogP contribution is -2.40. The maximum absolute atomic E-state index is 12.9. The van der Waals surface area contributed by atoms with Gasteiger partial charge in [0.15, 0.2) is 6.10 Å². The van der Waals surface area contributed by atoms with Gasteiger partial charge in [-0.05, 0) is 103 Å². The predicted octanol–water partition coefficient (Wildman–Crippen LogP) is 16.4. The molecule has 0 aromatic heterocycles. The number of hydrogen-bond acceptors (Lipinski definition) is 7. The number of carbonyl (C=O) groups is 3. The molecule has 0 amide bonds. The summed E-state index contributed by atoms with van der Waals surface area (Å²) in [7, 11) is 5.93. The second kappa shape index (κ2) is 53.5. The molecule has 0 saturated carbocycles. The molecular weight excluding hydrogens is 911 g/mol. The fourth-order valence-corrected chi connectivity index (χ4v) is 6.86. The monoisotopic (exact) mass is 1010 g/mol. The number of allylic oxidation sites excluding steroid dienone is 24. The molecule has 410 valence electrons. The minimum absolute atomic E-state index is 0.167. The van der Waals surface area contributed by atoms with E-state index in [9.17, 15) is 19.5 Å². The van der Waals surface area contributed by atoms with Crippen molar-refractivity contribution < 1.29 is 42.9 Å². The van der Waals surface area contributed by atoms with Gasteiger partial charge in [-0.25, -0.2) is 4.79 Å². The van der Waals surface area contributed by atoms with E-state index in [2.05, 4.69) is 148 Å². The van der Waals surface area contributed by atoms with Gasteiger partial charge in [-0.3, -0.25) is 9.59 Å². The number of aliphatic carboxylic acids is 1. The number of unbranched alkanes of at least 4 members (excludes halogenated alkanes) is 10. The molecule has 1 N–H and O–H groups in total. The van der Waals surface area contributed by atoms with Crippen LogP contribution in [0.2, 0.25) is 0 Å². The average molecular weight is 1010 g/mol. The molecule has 2 atom stereocenters. The molecule has 0 aromatic carbocycles. The van der Waals surface area contributed by atoms with E-state index in [1.165, 1.54) is 38.5 Å². The molecule has 0 aromatic rings. The number of likely N-dealkylation sites (N-methyl/N-ethyl adjacent to an activating group) is 1. The van der Waals surface area contributed by atoms with E-state index in [1.807, 2.05) is 33.3 Å². The number of carboxylic acid groups (broad SMARTS) is 1. The van der Waals surface area contributed by atoms with Crippen molar-refractivity contribution in [2.45, 2.75) is 193 Å². The fraction of sp³-hybridized carbons (Fsp3) is 0.578. The number of nitrogens with zero attached hydrogens (tertiary/aromatic N) is 1. The Bertz CT molecular complexity index is 1700. The summed E-state index contributed by atoms with van der Waals surface area (Å²) >= 11 is 0. The molecule has 0 aliphatic rings. The van der Waals surface area contributed by atoms with E-state index in [0.717, 1.165) is 103 Å². The lowest BCUT2D eigenvalue weighted by Gasteiger charge is -2.25. The second-order valence-corrected chi connectivity index (χ2v) is 19.1. The third-order valence-corrected chi connectivity index (χ3v) is 11.1. The van der Waals surface area contributed by atoms with Gasteiger partial charge < -0.3 is 28.5 Å². The van der Waals surface area contributed by atoms with Crippen molar-refractivity contribution in [3.8, 4) is 0 Å². The number of hydrogen-bond donors (Lipinski definition) is 1. The normalized spacial score (nSPS) is 13.9. The smallest absolute Gasteiger partial charge is 0.361 e. The molecular formula is C64H102NO8+. The molecule has 9 heteroatoms. The largest absolute Gasteiger partial charge is 0.477 e. The Balaban J connectivity index is 4.38. The zero-order valence-corrected chi connectivity index (χ0v) is 46.5. The van der Waals surface area contributed by atoms with Crippen LogP contribution in [-0.4, -0.2) is 87.4 Å². The minimum Gasteiger partial charge on any atom is -0.477 e. The fourth-order valence-electron chi connectivity index (χ4n) is 6.86. The highest BCUT2D eigenvalue weighted by atomic mass is 16.7. The van der Waals surface area contributed by atoms with Crippen molar-refractivity contribution in [1.82, 2.24) is 0 Å². The molecule has 2 unspecified atom stereocenters. The van der Waals surface area contributed by atoms with Gasteiger partial charge in [0, 0.05) is 12.8 Å². The van der Waals surface area contributed by atoms with Gasteiger partial charge in [0.25, 0.3) is 6.29 Å². The van der Waals surface area contributed by atoms with E-state index in [0.29, 0.717) is 23.9 Å². The number of carboxylic acids is 1. The van der Waals surface area contributed by atoms with Crippen molar-refractivity contribution in [3.63, 3.8) is 0 Å². The molecule has 0 saturated heterocycles. The molecule has 0 aliphatic heterocycles. The maximum atomic E-state index is 12.9. The van der Waals surface area contributed by atoms with Crippen molar-refractivity contribution >= 4 is 17.9 Å². The molecule has 0 radical (unpaired) electrons. The third-order valence-electron chi connectivity index (χ3n) is 11.1. The summed E-state index contributed by atoms with van der Waals surface area (Å²) in [6, 6.07) is 0. The van der Waals surface area contributed by atoms with Gasteiger partial charge in [0.1, 0.15) is 13.2 Å². The highest BCUT2D eigenvalue weighted by Crippen LogP contribution is 2.14. The molecule has 0 rings (SSSR count). The van der Waals surface area contributed by atoms with Crippen LogP contribution in [0.3, 0.4) is 0 Å². The van der Waals surface area contributed by atoms with Gasteiger partial charge in [0.05, 0.1) is 34.4 Å². The predicted molar refractivity (Wildman–Crippen MR) is 308 cm³/mol. The highest BCUT2D eigenvalue weighted by Gasteiger charge is 2.25. The summed E-state index contributed by atoms with van der Waals surface area (Å²) in [5.41, 5.74) is 0. The maximum Gasteiger partial charge on any atom is 0.361 e. The SMILES string of the molecule is CC/C=C\C/C=C\C/C=C\C/C=C\C/C=C\C/C=C\CCCCCCCCCCCCC(=O)OC(COC(=O)CC/C=C\C/C=C\C/C=C\C/C=C\C/C=C\C/C=C\CC)COC(OCC[N+](C)(C)C)C(=O)O. The molecule has 9 nitrogen and oxygen atoms in total. The van der Waals surface area contributed by atoms with Crippen LogP contribution in [0.25, 0.3) is 0 Å². The van der Waals surface area contributed by atoms with Gasteiger partial charge in [0.2, 0.25) is 0 Å². The number of esters is 2. The minimum atomic E-state index is -1.54. The molecule has 0 bridgehead atoms. The van der Waals surface area contributed by atoms with E-state index >= 15 is 0 Å². The van der Waals surface area contributed by atoms with E-state index in [4.69, 9.17) is 18.9 Å². The summed E-state index contributed by atoms with van der Waals surface area (Å²) in [5.74, 6) is -2.14. The van der Waals surface area contributed by atoms with Gasteiger partial charge in [-0.1, -0.05) is 211 Å². The summed E-state index contributed by atoms with van der Waals surface area (Å²) in [4.78, 5) is 37.3. The Kier molecular flexibility index (Phi) is 49.9. The number of quaternary nitrogens is 1. The Morgan fingerprint density at radius 1 is 0.411 bits per heavy atom. The Labute approximate surface area is 445 Å². The van der Waals surface area contributed by atoms with Crippen LogP contribution in [0.5, 0.6) is 0 Å². The van der Waals surface area contributed by atoms with E-state index < -0.39 is 30.3 Å². The number of carbonyl (C=O) groups excluding carboxylic acids is 2. The summed E-state index contributed by atoms with van der Waals surface area (Å²) in [6.45, 7) is 4.53. The topological polar surface area (TPSA) is 108 Å². The standard InChI is InChI=1S/C64H101NO8/c1-6-8-10-12-14-16-18-20-22-24-26-27-28-29-30-31-32-33-34-35-37-39-41-43-45-47-49-51-53-55-62(67)73-60(59-72-64(63(68)69)70-57-56-65(3,4)5)58-71-61(66)54-52-50-48-46-44-42-40-38-36-25-23-21-19-17-15-13-11-9-7-2/h8-11,14-17,20-23,26-27,29-30,32-33,36,38,42,44,48,50,60,64H,6-7,12-13,18-19,24-25,28,31,34-35,37,39-41,43,45-47,49,51-59H2,1-5H3/p+1/b10-8-,11-9-,16-14-,17-15-,22-20-,23-21-,27-26-,30-29-,33-32-,38-36-,44-42-,50-48-. The third kappa shape index (κ3) is 54.8. The van der Waals surface area contributed by atoms with Crippen molar-refractivity contribution in [2.24, 2.45) is 0 Å². The molecule has 0 spiro atoms. The first-order valence-corrected chi connectivity index (χ1v) is 28.0. The molecule has 0 aliphatic carbocycles. The summed E-state index contributed by atoms with van der Waals surface area (Å²) < 4.78 is 22.7. The first-order chi connectivity index (χ1) is 35.6. The summed E-state index contributed by atoms with van der Waals surface area (Å²) in [6.07, 6.45) is 75.1. The lowest BCUT2D eigenvalue weighted by atomic mass is 10.0. The summed E-state index contributed by atoms with van der Waals surface area (Å²) in [5, 5.41) is 9.69. The van der Waals surface area contributed by atoms with Crippen molar-refractivity contribution in [2.75, 3.05) is 47.5 Å². The first-order valence-electron chi connectivity index (χ1n) is 28.0. The van der Waals surface area contributed by atoms with Crippen LogP contribution in [0.1, 0.15) is 181 Å². The molecule has 0 heterocycles. The second-order valence-electron chi connectivity index (χ2n) is 19.1. The lowest BCUT2D eigenvalue weighted by molar-refractivity contribution is -0.870. The van der Waals surface area contributed by atoms with Crippen LogP contribution in [-0.2, 0) is 33.3 Å². The quantitative estimate of drug-likeness (QED) is 0.0211. The van der Waals surface area contributed by atoms with E-state index in [-0.39, 0.29) is 32.7 Å². The zero-order chi connectivity index (χ0) is 53.4. The number of ether oxygens (including phenoxy) is 4. The van der Waals surface area contributed by atoms with E-state index in [1.54, 1.807) is 0 Å². The first kappa shape index (κ1) is 68.2. The number of rotatable bonds is 49. The zero-order valence-electron chi connectivity index (χ0n) is 46.5. The van der Waals surface area contributed by atoms with Gasteiger partial charge >= 0.3 is 17.9 Å².